The Morgan fingerprint density at radius 1 is 1.25 bits per heavy atom. The van der Waals surface area contributed by atoms with Gasteiger partial charge in [-0.25, -0.2) is 4.98 Å². The van der Waals surface area contributed by atoms with Crippen LogP contribution in [0.25, 0.3) is 11.1 Å². The Morgan fingerprint density at radius 2 is 2.10 bits per heavy atom. The molecule has 0 aliphatic rings. The molecule has 0 bridgehead atoms. The molecular weight excluding hydrogens is 272 g/mol. The summed E-state index contributed by atoms with van der Waals surface area (Å²) in [5, 5.41) is 11.2. The van der Waals surface area contributed by atoms with E-state index in [-0.39, 0.29) is 5.91 Å². The second-order valence-corrected chi connectivity index (χ2v) is 5.06. The number of nitrogens with zero attached hydrogens (tertiary/aromatic N) is 2. The third kappa shape index (κ3) is 2.60. The molecule has 0 fully saturated rings. The zero-order chi connectivity index (χ0) is 13.8. The minimum atomic E-state index is -0.102. The molecule has 1 amide bonds. The van der Waals surface area contributed by atoms with E-state index in [9.17, 15) is 4.79 Å². The van der Waals surface area contributed by atoms with E-state index in [1.165, 1.54) is 17.7 Å². The van der Waals surface area contributed by atoms with Crippen LogP contribution in [0.2, 0.25) is 0 Å². The highest BCUT2D eigenvalue weighted by atomic mass is 32.1. The summed E-state index contributed by atoms with van der Waals surface area (Å²) in [6.07, 6.45) is 1.42. The molecule has 0 unspecified atom stereocenters. The number of carbonyl (C=O) groups is 1. The van der Waals surface area contributed by atoms with Gasteiger partial charge in [-0.3, -0.25) is 9.89 Å². The lowest BCUT2D eigenvalue weighted by Gasteiger charge is -2.05. The molecule has 5 nitrogen and oxygen atoms in total. The van der Waals surface area contributed by atoms with Crippen molar-refractivity contribution >= 4 is 17.2 Å². The highest BCUT2D eigenvalue weighted by Gasteiger charge is 2.14. The summed E-state index contributed by atoms with van der Waals surface area (Å²) in [6, 6.07) is 11.8. The Kier molecular flexibility index (Phi) is 3.56. The number of hydrogen-bond acceptors (Lipinski definition) is 4. The van der Waals surface area contributed by atoms with Gasteiger partial charge in [-0.15, -0.1) is 11.3 Å². The van der Waals surface area contributed by atoms with Crippen molar-refractivity contribution in [3.05, 3.63) is 58.8 Å². The van der Waals surface area contributed by atoms with Gasteiger partial charge in [0.05, 0.1) is 11.4 Å². The topological polar surface area (TPSA) is 70.7 Å². The Morgan fingerprint density at radius 3 is 2.85 bits per heavy atom. The molecule has 2 heterocycles. The van der Waals surface area contributed by atoms with Crippen LogP contribution in [0.3, 0.4) is 0 Å². The fourth-order valence-electron chi connectivity index (χ4n) is 1.89. The third-order valence-electron chi connectivity index (χ3n) is 2.84. The van der Waals surface area contributed by atoms with Gasteiger partial charge >= 0.3 is 0 Å². The number of aromatic nitrogens is 3. The van der Waals surface area contributed by atoms with Crippen LogP contribution in [-0.2, 0) is 6.54 Å². The normalized spacial score (nSPS) is 10.4. The van der Waals surface area contributed by atoms with E-state index in [2.05, 4.69) is 20.5 Å². The molecule has 100 valence electrons. The molecule has 3 aromatic rings. The number of H-pyrrole nitrogens is 1. The molecular formula is C14H12N4OS. The predicted octanol–water partition coefficient (Wildman–Crippen LogP) is 2.46. The number of carbonyl (C=O) groups excluding carboxylic acids is 1. The Hall–Kier alpha value is -2.47. The minimum Gasteiger partial charge on any atom is -0.344 e. The molecule has 1 aromatic carbocycles. The largest absolute Gasteiger partial charge is 0.344 e. The number of amides is 1. The quantitative estimate of drug-likeness (QED) is 0.773. The summed E-state index contributed by atoms with van der Waals surface area (Å²) in [7, 11) is 0. The monoisotopic (exact) mass is 284 g/mol. The minimum absolute atomic E-state index is 0.102. The molecule has 0 aliphatic heterocycles. The van der Waals surface area contributed by atoms with Crippen LogP contribution >= 0.6 is 11.3 Å². The fraction of sp³-hybridized carbons (Fsp3) is 0.0714. The summed E-state index contributed by atoms with van der Waals surface area (Å²) in [6.45, 7) is 0.338. The highest BCUT2D eigenvalue weighted by Crippen LogP contribution is 2.27. The van der Waals surface area contributed by atoms with Crippen LogP contribution in [-0.4, -0.2) is 21.1 Å². The maximum Gasteiger partial charge on any atom is 0.262 e. The first-order valence-corrected chi connectivity index (χ1v) is 6.98. The summed E-state index contributed by atoms with van der Waals surface area (Å²) in [5.41, 5.74) is 1.99. The van der Waals surface area contributed by atoms with Crippen LogP contribution in [0.4, 0.5) is 0 Å². The number of thiophene rings is 1. The van der Waals surface area contributed by atoms with Gasteiger partial charge in [0.2, 0.25) is 0 Å². The molecule has 0 radical (unpaired) electrons. The molecule has 2 N–H and O–H groups in total. The first-order chi connectivity index (χ1) is 9.84. The molecule has 0 atom stereocenters. The number of nitrogens with one attached hydrogen (secondary N) is 2. The average Bonchev–Trinajstić information content (AvgIpc) is 3.17. The third-order valence-corrected chi connectivity index (χ3v) is 3.75. The SMILES string of the molecule is O=C(NCc1ncn[nH]1)c1sccc1-c1ccccc1. The number of hydrogen-bond donors (Lipinski definition) is 2. The first-order valence-electron chi connectivity index (χ1n) is 6.10. The van der Waals surface area contributed by atoms with Gasteiger partial charge < -0.3 is 5.32 Å². The molecule has 0 spiro atoms. The van der Waals surface area contributed by atoms with Crippen molar-refractivity contribution in [3.63, 3.8) is 0 Å². The lowest BCUT2D eigenvalue weighted by atomic mass is 10.1. The highest BCUT2D eigenvalue weighted by molar-refractivity contribution is 7.12. The van der Waals surface area contributed by atoms with Crippen molar-refractivity contribution < 1.29 is 4.79 Å². The van der Waals surface area contributed by atoms with Gasteiger partial charge in [0.25, 0.3) is 5.91 Å². The molecule has 3 rings (SSSR count). The zero-order valence-corrected chi connectivity index (χ0v) is 11.4. The first kappa shape index (κ1) is 12.6. The summed E-state index contributed by atoms with van der Waals surface area (Å²) in [5.74, 6) is 0.534. The van der Waals surface area contributed by atoms with Crippen LogP contribution in [0.5, 0.6) is 0 Å². The molecule has 6 heteroatoms. The van der Waals surface area contributed by atoms with Crippen molar-refractivity contribution in [2.45, 2.75) is 6.54 Å². The van der Waals surface area contributed by atoms with Crippen molar-refractivity contribution in [1.82, 2.24) is 20.5 Å². The lowest BCUT2D eigenvalue weighted by molar-refractivity contribution is 0.0954. The molecule has 0 saturated carbocycles. The van der Waals surface area contributed by atoms with Gasteiger partial charge in [0, 0.05) is 5.56 Å². The Balaban J connectivity index is 1.77. The summed E-state index contributed by atoms with van der Waals surface area (Å²) in [4.78, 5) is 16.9. The van der Waals surface area contributed by atoms with Crippen molar-refractivity contribution in [2.24, 2.45) is 0 Å². The van der Waals surface area contributed by atoms with Crippen LogP contribution < -0.4 is 5.32 Å². The van der Waals surface area contributed by atoms with E-state index in [1.54, 1.807) is 0 Å². The van der Waals surface area contributed by atoms with E-state index in [1.807, 2.05) is 41.8 Å². The predicted molar refractivity (Wildman–Crippen MR) is 77.3 cm³/mol. The van der Waals surface area contributed by atoms with E-state index >= 15 is 0 Å². The maximum atomic E-state index is 12.2. The van der Waals surface area contributed by atoms with Crippen molar-refractivity contribution in [3.8, 4) is 11.1 Å². The molecule has 0 saturated heterocycles. The Bertz CT molecular complexity index is 691. The van der Waals surface area contributed by atoms with Gasteiger partial charge in [-0.1, -0.05) is 30.3 Å². The number of benzene rings is 1. The summed E-state index contributed by atoms with van der Waals surface area (Å²) < 4.78 is 0. The second-order valence-electron chi connectivity index (χ2n) is 4.14. The van der Waals surface area contributed by atoms with E-state index in [0.29, 0.717) is 17.2 Å². The van der Waals surface area contributed by atoms with Gasteiger partial charge in [0.1, 0.15) is 12.2 Å². The van der Waals surface area contributed by atoms with Gasteiger partial charge in [0.15, 0.2) is 0 Å². The van der Waals surface area contributed by atoms with Crippen molar-refractivity contribution in [2.75, 3.05) is 0 Å². The fourth-order valence-corrected chi connectivity index (χ4v) is 2.72. The second kappa shape index (κ2) is 5.66. The summed E-state index contributed by atoms with van der Waals surface area (Å²) >= 11 is 1.43. The van der Waals surface area contributed by atoms with E-state index < -0.39 is 0 Å². The molecule has 20 heavy (non-hydrogen) atoms. The van der Waals surface area contributed by atoms with E-state index in [0.717, 1.165) is 11.1 Å². The molecule has 0 aliphatic carbocycles. The lowest BCUT2D eigenvalue weighted by Crippen LogP contribution is -2.23. The van der Waals surface area contributed by atoms with Gasteiger partial charge in [-0.2, -0.15) is 5.10 Å². The zero-order valence-electron chi connectivity index (χ0n) is 10.5. The van der Waals surface area contributed by atoms with Crippen LogP contribution in [0, 0.1) is 0 Å². The van der Waals surface area contributed by atoms with Gasteiger partial charge in [-0.05, 0) is 17.0 Å². The van der Waals surface area contributed by atoms with Crippen LogP contribution in [0.15, 0.2) is 48.1 Å². The number of aromatic amines is 1. The average molecular weight is 284 g/mol. The Labute approximate surface area is 119 Å². The number of rotatable bonds is 4. The van der Waals surface area contributed by atoms with Crippen LogP contribution in [0.1, 0.15) is 15.5 Å². The van der Waals surface area contributed by atoms with E-state index in [4.69, 9.17) is 0 Å². The molecule has 2 aromatic heterocycles. The maximum absolute atomic E-state index is 12.2. The van der Waals surface area contributed by atoms with Crippen molar-refractivity contribution in [1.29, 1.82) is 0 Å². The standard InChI is InChI=1S/C14H12N4OS/c19-14(15-8-12-16-9-17-18-12)13-11(6-7-20-13)10-4-2-1-3-5-10/h1-7,9H,8H2,(H,15,19)(H,16,17,18). The smallest absolute Gasteiger partial charge is 0.262 e.